The predicted octanol–water partition coefficient (Wildman–Crippen LogP) is 4.08. The Kier molecular flexibility index (Phi) is 5.74. The van der Waals surface area contributed by atoms with Crippen LogP contribution in [-0.2, 0) is 6.54 Å². The van der Waals surface area contributed by atoms with Crippen LogP contribution in [0.2, 0.25) is 0 Å². The highest BCUT2D eigenvalue weighted by atomic mass is 16.3. The predicted molar refractivity (Wildman–Crippen MR) is 135 cm³/mol. The zero-order valence-corrected chi connectivity index (χ0v) is 19.9. The lowest BCUT2D eigenvalue weighted by molar-refractivity contribution is 0.0943. The number of aryl methyl sites for hydroxylation is 1. The summed E-state index contributed by atoms with van der Waals surface area (Å²) in [6, 6.07) is 18.3. The highest BCUT2D eigenvalue weighted by Crippen LogP contribution is 2.27. The van der Waals surface area contributed by atoms with Crippen LogP contribution in [0.5, 0.6) is 0 Å². The molecule has 0 saturated carbocycles. The number of amides is 1. The molecule has 1 unspecified atom stereocenters. The van der Waals surface area contributed by atoms with E-state index in [9.17, 15) is 4.79 Å². The highest BCUT2D eigenvalue weighted by molar-refractivity contribution is 6.06. The Morgan fingerprint density at radius 3 is 2.70 bits per heavy atom. The SMILES string of the molecule is Cc1nc(C(NC(=O)c2cc(-c3cccnc3)nc3c2cnn3Cc2ccco2)c2ccccc2)n[nH]1. The molecule has 37 heavy (non-hydrogen) atoms. The number of carbonyl (C=O) groups is 1. The van der Waals surface area contributed by atoms with Crippen LogP contribution >= 0.6 is 0 Å². The van der Waals surface area contributed by atoms with Crippen molar-refractivity contribution < 1.29 is 9.21 Å². The molecule has 6 rings (SSSR count). The second kappa shape index (κ2) is 9.50. The molecule has 5 heterocycles. The number of hydrogen-bond acceptors (Lipinski definition) is 7. The van der Waals surface area contributed by atoms with E-state index in [4.69, 9.17) is 9.40 Å². The van der Waals surface area contributed by atoms with Crippen LogP contribution in [0.25, 0.3) is 22.3 Å². The Labute approximate surface area is 211 Å². The molecule has 0 spiro atoms. The number of carbonyl (C=O) groups excluding carboxylic acids is 1. The average Bonchev–Trinajstić information content (AvgIpc) is 3.70. The smallest absolute Gasteiger partial charge is 0.253 e. The monoisotopic (exact) mass is 490 g/mol. The molecule has 1 amide bonds. The van der Waals surface area contributed by atoms with Crippen LogP contribution in [0, 0.1) is 6.92 Å². The maximum atomic E-state index is 13.9. The molecule has 0 bridgehead atoms. The number of aromatic nitrogens is 7. The number of furan rings is 1. The van der Waals surface area contributed by atoms with Crippen LogP contribution in [0.4, 0.5) is 0 Å². The van der Waals surface area contributed by atoms with Crippen molar-refractivity contribution in [2.45, 2.75) is 19.5 Å². The standard InChI is InChI=1S/C27H22N8O2/c1-17-30-25(34-33-17)24(18-7-3-2-4-8-18)32-27(36)21-13-23(19-9-5-11-28-14-19)31-26-22(21)15-29-35(26)16-20-10-6-12-37-20/h2-15,24H,16H2,1H3,(H,32,36)(H,30,33,34). The summed E-state index contributed by atoms with van der Waals surface area (Å²) in [5.74, 6) is 1.57. The Hall–Kier alpha value is -5.12. The summed E-state index contributed by atoms with van der Waals surface area (Å²) in [5, 5.41) is 15.4. The van der Waals surface area contributed by atoms with Crippen LogP contribution < -0.4 is 5.32 Å². The van der Waals surface area contributed by atoms with Gasteiger partial charge in [-0.05, 0) is 42.8 Å². The van der Waals surface area contributed by atoms with Crippen molar-refractivity contribution in [1.82, 2.24) is 40.2 Å². The molecule has 1 aromatic carbocycles. The van der Waals surface area contributed by atoms with E-state index in [1.54, 1.807) is 35.6 Å². The van der Waals surface area contributed by atoms with E-state index >= 15 is 0 Å². The molecule has 10 nitrogen and oxygen atoms in total. The summed E-state index contributed by atoms with van der Waals surface area (Å²) >= 11 is 0. The molecular weight excluding hydrogens is 468 g/mol. The first-order valence-corrected chi connectivity index (χ1v) is 11.7. The molecule has 0 radical (unpaired) electrons. The van der Waals surface area contributed by atoms with Gasteiger partial charge in [0.1, 0.15) is 24.2 Å². The Morgan fingerprint density at radius 2 is 1.97 bits per heavy atom. The van der Waals surface area contributed by atoms with Crippen molar-refractivity contribution in [2.75, 3.05) is 0 Å². The highest BCUT2D eigenvalue weighted by Gasteiger charge is 2.24. The topological polar surface area (TPSA) is 127 Å². The number of aromatic amines is 1. The first kappa shape index (κ1) is 22.4. The van der Waals surface area contributed by atoms with E-state index in [-0.39, 0.29) is 5.91 Å². The van der Waals surface area contributed by atoms with Gasteiger partial charge >= 0.3 is 0 Å². The fraction of sp³-hybridized carbons (Fsp3) is 0.111. The molecule has 0 saturated heterocycles. The molecule has 0 aliphatic heterocycles. The zero-order chi connectivity index (χ0) is 25.2. The van der Waals surface area contributed by atoms with Crippen LogP contribution in [-0.4, -0.2) is 40.8 Å². The van der Waals surface area contributed by atoms with Gasteiger partial charge in [0, 0.05) is 18.0 Å². The minimum absolute atomic E-state index is 0.300. The maximum Gasteiger partial charge on any atom is 0.253 e. The lowest BCUT2D eigenvalue weighted by Crippen LogP contribution is -2.30. The van der Waals surface area contributed by atoms with E-state index in [2.05, 4.69) is 30.6 Å². The van der Waals surface area contributed by atoms with E-state index in [0.29, 0.717) is 40.5 Å². The summed E-state index contributed by atoms with van der Waals surface area (Å²) in [7, 11) is 0. The van der Waals surface area contributed by atoms with Crippen LogP contribution in [0.1, 0.15) is 39.4 Å². The zero-order valence-electron chi connectivity index (χ0n) is 19.9. The quantitative estimate of drug-likeness (QED) is 0.345. The van der Waals surface area contributed by atoms with Gasteiger partial charge in [-0.1, -0.05) is 30.3 Å². The van der Waals surface area contributed by atoms with Gasteiger partial charge in [-0.25, -0.2) is 14.6 Å². The molecule has 2 N–H and O–H groups in total. The Balaban J connectivity index is 1.45. The molecule has 0 fully saturated rings. The Morgan fingerprint density at radius 1 is 1.08 bits per heavy atom. The van der Waals surface area contributed by atoms with E-state index < -0.39 is 6.04 Å². The third-order valence-corrected chi connectivity index (χ3v) is 5.98. The van der Waals surface area contributed by atoms with Gasteiger partial charge < -0.3 is 9.73 Å². The molecular formula is C27H22N8O2. The third-order valence-electron chi connectivity index (χ3n) is 5.98. The lowest BCUT2D eigenvalue weighted by Gasteiger charge is -2.17. The fourth-order valence-corrected chi connectivity index (χ4v) is 4.20. The molecule has 6 aromatic rings. The normalized spacial score (nSPS) is 12.0. The van der Waals surface area contributed by atoms with Crippen molar-refractivity contribution in [3.05, 3.63) is 114 Å². The molecule has 0 aliphatic rings. The molecule has 0 aliphatic carbocycles. The van der Waals surface area contributed by atoms with Gasteiger partial charge in [-0.15, -0.1) is 0 Å². The van der Waals surface area contributed by atoms with Crippen molar-refractivity contribution in [3.8, 4) is 11.3 Å². The summed E-state index contributed by atoms with van der Waals surface area (Å²) in [5.41, 5.74) is 3.25. The summed E-state index contributed by atoms with van der Waals surface area (Å²) in [6.45, 7) is 2.20. The maximum absolute atomic E-state index is 13.9. The second-order valence-corrected chi connectivity index (χ2v) is 8.51. The summed E-state index contributed by atoms with van der Waals surface area (Å²) in [6.07, 6.45) is 6.68. The minimum atomic E-state index is -0.554. The van der Waals surface area contributed by atoms with E-state index in [1.165, 1.54) is 0 Å². The van der Waals surface area contributed by atoms with Gasteiger partial charge in [-0.2, -0.15) is 10.2 Å². The molecule has 5 aromatic heterocycles. The first-order valence-electron chi connectivity index (χ1n) is 11.7. The number of fused-ring (bicyclic) bond motifs is 1. The average molecular weight is 491 g/mol. The van der Waals surface area contributed by atoms with Crippen LogP contribution in [0.3, 0.4) is 0 Å². The van der Waals surface area contributed by atoms with Crippen molar-refractivity contribution in [1.29, 1.82) is 0 Å². The number of H-pyrrole nitrogens is 1. The number of hydrogen-bond donors (Lipinski definition) is 2. The third kappa shape index (κ3) is 4.47. The van der Waals surface area contributed by atoms with Crippen molar-refractivity contribution in [2.24, 2.45) is 0 Å². The Bertz CT molecular complexity index is 1660. The van der Waals surface area contributed by atoms with E-state index in [0.717, 1.165) is 16.9 Å². The van der Waals surface area contributed by atoms with Crippen molar-refractivity contribution in [3.63, 3.8) is 0 Å². The minimum Gasteiger partial charge on any atom is -0.467 e. The van der Waals surface area contributed by atoms with Gasteiger partial charge in [-0.3, -0.25) is 14.9 Å². The molecule has 10 heteroatoms. The van der Waals surface area contributed by atoms with Gasteiger partial charge in [0.05, 0.1) is 29.1 Å². The molecule has 182 valence electrons. The number of nitrogens with zero attached hydrogens (tertiary/aromatic N) is 6. The number of pyridine rings is 2. The van der Waals surface area contributed by atoms with Gasteiger partial charge in [0.15, 0.2) is 11.5 Å². The molecule has 1 atom stereocenters. The lowest BCUT2D eigenvalue weighted by atomic mass is 10.0. The second-order valence-electron chi connectivity index (χ2n) is 8.51. The number of rotatable bonds is 7. The fourth-order valence-electron chi connectivity index (χ4n) is 4.20. The van der Waals surface area contributed by atoms with Gasteiger partial charge in [0.2, 0.25) is 0 Å². The van der Waals surface area contributed by atoms with Crippen molar-refractivity contribution >= 4 is 16.9 Å². The first-order chi connectivity index (χ1) is 18.2. The van der Waals surface area contributed by atoms with Crippen LogP contribution in [0.15, 0.2) is 89.9 Å². The number of benzene rings is 1. The number of nitrogens with one attached hydrogen (secondary N) is 2. The summed E-state index contributed by atoms with van der Waals surface area (Å²) in [4.78, 5) is 27.4. The van der Waals surface area contributed by atoms with Gasteiger partial charge in [0.25, 0.3) is 5.91 Å². The summed E-state index contributed by atoms with van der Waals surface area (Å²) < 4.78 is 7.23. The largest absolute Gasteiger partial charge is 0.467 e. The van der Waals surface area contributed by atoms with E-state index in [1.807, 2.05) is 61.5 Å².